The largest absolute Gasteiger partial charge is 0.506 e. The van der Waals surface area contributed by atoms with E-state index in [0.29, 0.717) is 18.0 Å². The molecule has 1 aliphatic heterocycles. The number of nitro groups is 1. The van der Waals surface area contributed by atoms with Gasteiger partial charge >= 0.3 is 5.69 Å². The minimum absolute atomic E-state index is 0.259. The molecule has 0 atom stereocenters. The van der Waals surface area contributed by atoms with Crippen LogP contribution in [-0.2, 0) is 14.8 Å². The third-order valence-electron chi connectivity index (χ3n) is 5.90. The molecule has 5 rings (SSSR count). The molecular formula is C22H20N6O8S. The van der Waals surface area contributed by atoms with Crippen molar-refractivity contribution in [2.24, 2.45) is 16.0 Å². The average molecular weight is 529 g/mol. The number of fused-ring (bicyclic) bond motifs is 2. The van der Waals surface area contributed by atoms with Crippen LogP contribution in [0.5, 0.6) is 11.5 Å². The molecule has 14 nitrogen and oxygen atoms in total. The number of rotatable bonds is 8. The lowest BCUT2D eigenvalue weighted by Gasteiger charge is -2.21. The number of benzene rings is 2. The fourth-order valence-electron chi connectivity index (χ4n) is 4.01. The van der Waals surface area contributed by atoms with E-state index in [9.17, 15) is 33.2 Å². The summed E-state index contributed by atoms with van der Waals surface area (Å²) in [7, 11) is -4.78. The van der Waals surface area contributed by atoms with Crippen LogP contribution in [0.25, 0.3) is 10.9 Å². The Hall–Kier alpha value is -4.66. The zero-order valence-electron chi connectivity index (χ0n) is 19.0. The number of aromatic nitrogens is 1. The SMILES string of the molecule is NC(=O)COc1ccc2c(c1[N+](=O)[O-])S(=O)(=O)N=C(c1c(O)c3ccccc3n(NCC3CC3)c1=O)N2. The summed E-state index contributed by atoms with van der Waals surface area (Å²) < 4.78 is 36.2. The van der Waals surface area contributed by atoms with Crippen molar-refractivity contribution in [3.63, 3.8) is 0 Å². The highest BCUT2D eigenvalue weighted by Crippen LogP contribution is 2.42. The highest BCUT2D eigenvalue weighted by atomic mass is 32.2. The summed E-state index contributed by atoms with van der Waals surface area (Å²) in [5.41, 5.74) is 6.00. The van der Waals surface area contributed by atoms with Gasteiger partial charge in [-0.3, -0.25) is 19.7 Å². The third-order valence-corrected chi connectivity index (χ3v) is 7.25. The second-order valence-electron chi connectivity index (χ2n) is 8.53. The fraction of sp³-hybridized carbons (Fsp3) is 0.227. The predicted octanol–water partition coefficient (Wildman–Crippen LogP) is 0.994. The van der Waals surface area contributed by atoms with Crippen molar-refractivity contribution in [3.05, 3.63) is 62.4 Å². The Labute approximate surface area is 208 Å². The molecule has 1 fully saturated rings. The number of pyridine rings is 1. The van der Waals surface area contributed by atoms with Crippen LogP contribution in [0.15, 0.2) is 50.5 Å². The lowest BCUT2D eigenvalue weighted by Crippen LogP contribution is -2.37. The second kappa shape index (κ2) is 8.77. The number of hydrogen-bond donors (Lipinski definition) is 4. The van der Waals surface area contributed by atoms with Gasteiger partial charge in [0.2, 0.25) is 0 Å². The molecule has 0 radical (unpaired) electrons. The molecule has 2 heterocycles. The summed E-state index contributed by atoms with van der Waals surface area (Å²) in [6.45, 7) is -0.227. The molecule has 1 amide bonds. The maximum atomic E-state index is 13.5. The minimum Gasteiger partial charge on any atom is -0.506 e. The van der Waals surface area contributed by atoms with Gasteiger partial charge in [-0.05, 0) is 43.0 Å². The highest BCUT2D eigenvalue weighted by Gasteiger charge is 2.39. The number of carbonyl (C=O) groups excluding carboxylic acids is 1. The van der Waals surface area contributed by atoms with Gasteiger partial charge < -0.3 is 26.3 Å². The van der Waals surface area contributed by atoms with E-state index in [2.05, 4.69) is 15.1 Å². The smallest absolute Gasteiger partial charge is 0.333 e. The number of nitrogens with zero attached hydrogens (tertiary/aromatic N) is 3. The summed E-state index contributed by atoms with van der Waals surface area (Å²) in [6.07, 6.45) is 2.02. The first kappa shape index (κ1) is 24.1. The summed E-state index contributed by atoms with van der Waals surface area (Å²) in [5, 5.41) is 25.7. The Bertz CT molecular complexity index is 1680. The van der Waals surface area contributed by atoms with Crippen molar-refractivity contribution in [2.45, 2.75) is 17.7 Å². The first-order valence-corrected chi connectivity index (χ1v) is 12.5. The van der Waals surface area contributed by atoms with Gasteiger partial charge in [0, 0.05) is 11.9 Å². The number of nitro benzene ring substituents is 1. The molecule has 5 N–H and O–H groups in total. The van der Waals surface area contributed by atoms with E-state index in [1.807, 2.05) is 0 Å². The third kappa shape index (κ3) is 4.29. The first-order valence-electron chi connectivity index (χ1n) is 11.0. The van der Waals surface area contributed by atoms with E-state index in [4.69, 9.17) is 10.5 Å². The lowest BCUT2D eigenvalue weighted by atomic mass is 10.1. The van der Waals surface area contributed by atoms with Gasteiger partial charge in [-0.15, -0.1) is 4.40 Å². The van der Waals surface area contributed by atoms with Crippen LogP contribution in [-0.4, -0.2) is 48.0 Å². The van der Waals surface area contributed by atoms with Gasteiger partial charge in [-0.25, -0.2) is 4.68 Å². The highest BCUT2D eigenvalue weighted by molar-refractivity contribution is 7.90. The number of nitrogens with two attached hydrogens (primary N) is 1. The lowest BCUT2D eigenvalue weighted by molar-refractivity contribution is -0.388. The topological polar surface area (TPSA) is 208 Å². The summed E-state index contributed by atoms with van der Waals surface area (Å²) >= 11 is 0. The standard InChI is InChI=1S/C22H20N6O8S/c23-16(29)10-36-15-8-7-13-20(18(15)28(32)33)37(34,35)26-21(25-13)17-19(30)12-3-1-2-4-14(12)27(22(17)31)24-9-11-5-6-11/h1-4,7-8,11,24,30H,5-6,9-10H2,(H2,23,29)(H,25,26). The molecular weight excluding hydrogens is 508 g/mol. The molecule has 15 heteroatoms. The number of sulfonamides is 1. The van der Waals surface area contributed by atoms with Crippen molar-refractivity contribution in [1.29, 1.82) is 0 Å². The molecule has 1 aliphatic carbocycles. The summed E-state index contributed by atoms with van der Waals surface area (Å²) in [5.74, 6) is -2.06. The number of anilines is 1. The average Bonchev–Trinajstić information content (AvgIpc) is 3.66. The minimum atomic E-state index is -4.78. The number of amidine groups is 1. The second-order valence-corrected chi connectivity index (χ2v) is 10.1. The molecule has 1 saturated carbocycles. The van der Waals surface area contributed by atoms with E-state index in [0.717, 1.165) is 25.0 Å². The molecule has 37 heavy (non-hydrogen) atoms. The number of nitrogens with one attached hydrogen (secondary N) is 2. The van der Waals surface area contributed by atoms with Gasteiger partial charge in [-0.1, -0.05) is 12.1 Å². The molecule has 192 valence electrons. The molecule has 1 aromatic heterocycles. The Morgan fingerprint density at radius 3 is 2.70 bits per heavy atom. The van der Waals surface area contributed by atoms with Crippen molar-refractivity contribution in [1.82, 2.24) is 4.68 Å². The Morgan fingerprint density at radius 2 is 2.03 bits per heavy atom. The molecule has 0 spiro atoms. The Kier molecular flexibility index (Phi) is 5.70. The number of para-hydroxylation sites is 1. The van der Waals surface area contributed by atoms with Crippen molar-refractivity contribution < 1.29 is 28.0 Å². The quantitative estimate of drug-likeness (QED) is 0.241. The van der Waals surface area contributed by atoms with Crippen LogP contribution in [0.3, 0.4) is 0 Å². The van der Waals surface area contributed by atoms with E-state index in [1.165, 1.54) is 4.68 Å². The van der Waals surface area contributed by atoms with E-state index in [-0.39, 0.29) is 11.1 Å². The van der Waals surface area contributed by atoms with Crippen LogP contribution in [0.1, 0.15) is 18.4 Å². The van der Waals surface area contributed by atoms with Crippen molar-refractivity contribution in [2.75, 3.05) is 23.9 Å². The van der Waals surface area contributed by atoms with Gasteiger partial charge in [-0.2, -0.15) is 8.42 Å². The molecule has 2 aliphatic rings. The Balaban J connectivity index is 1.67. The molecule has 0 bridgehead atoms. The Morgan fingerprint density at radius 1 is 1.30 bits per heavy atom. The first-order chi connectivity index (χ1) is 17.6. The summed E-state index contributed by atoms with van der Waals surface area (Å²) in [6, 6.07) is 8.75. The molecule has 2 aromatic carbocycles. The maximum Gasteiger partial charge on any atom is 0.333 e. The fourth-order valence-corrected chi connectivity index (χ4v) is 5.30. The number of amides is 1. The maximum absolute atomic E-state index is 13.5. The number of carbonyl (C=O) groups is 1. The van der Waals surface area contributed by atoms with Crippen LogP contribution in [0.4, 0.5) is 11.4 Å². The monoisotopic (exact) mass is 528 g/mol. The van der Waals surface area contributed by atoms with Gasteiger partial charge in [0.25, 0.3) is 21.5 Å². The zero-order valence-corrected chi connectivity index (χ0v) is 19.8. The number of aromatic hydroxyl groups is 1. The van der Waals surface area contributed by atoms with E-state index >= 15 is 0 Å². The van der Waals surface area contributed by atoms with E-state index < -0.39 is 66.5 Å². The molecule has 3 aromatic rings. The van der Waals surface area contributed by atoms with Crippen molar-refractivity contribution >= 4 is 44.0 Å². The van der Waals surface area contributed by atoms with Crippen LogP contribution >= 0.6 is 0 Å². The summed E-state index contributed by atoms with van der Waals surface area (Å²) in [4.78, 5) is 34.5. The van der Waals surface area contributed by atoms with Crippen LogP contribution in [0, 0.1) is 16.0 Å². The van der Waals surface area contributed by atoms with E-state index in [1.54, 1.807) is 24.3 Å². The van der Waals surface area contributed by atoms with Gasteiger partial charge in [0.15, 0.2) is 23.1 Å². The van der Waals surface area contributed by atoms with Crippen LogP contribution in [0.2, 0.25) is 0 Å². The van der Waals surface area contributed by atoms with Gasteiger partial charge in [0.05, 0.1) is 16.1 Å². The van der Waals surface area contributed by atoms with Crippen molar-refractivity contribution in [3.8, 4) is 11.5 Å². The normalized spacial score (nSPS) is 15.8. The molecule has 0 unspecified atom stereocenters. The van der Waals surface area contributed by atoms with Gasteiger partial charge in [0.1, 0.15) is 11.3 Å². The number of hydrogen-bond acceptors (Lipinski definition) is 10. The number of primary amides is 1. The zero-order chi connectivity index (χ0) is 26.5. The molecule has 0 saturated heterocycles. The predicted molar refractivity (Wildman–Crippen MR) is 132 cm³/mol. The van der Waals surface area contributed by atoms with Crippen LogP contribution < -0.4 is 26.8 Å². The number of ether oxygens (including phenoxy) is 1.